The molecule has 0 saturated carbocycles. The molecule has 0 aliphatic carbocycles. The molecule has 0 spiro atoms. The number of rotatable bonds is 5. The molecule has 2 rings (SSSR count). The number of furan rings is 1. The van der Waals surface area contributed by atoms with Gasteiger partial charge in [-0.1, -0.05) is 30.3 Å². The molecular weight excluding hydrogens is 230 g/mol. The van der Waals surface area contributed by atoms with Crippen molar-refractivity contribution in [2.24, 2.45) is 0 Å². The Balaban J connectivity index is 2.15. The number of hydrogen-bond acceptors (Lipinski definition) is 3. The quantitative estimate of drug-likeness (QED) is 0.850. The Bertz CT molecular complexity index is 493. The first kappa shape index (κ1) is 12.4. The van der Waals surface area contributed by atoms with E-state index < -0.39 is 12.0 Å². The summed E-state index contributed by atoms with van der Waals surface area (Å²) in [7, 11) is 0. The maximum Gasteiger partial charge on any atom is 0.325 e. The van der Waals surface area contributed by atoms with Crippen LogP contribution in [0.3, 0.4) is 0 Å². The second-order valence-electron chi connectivity index (χ2n) is 4.09. The summed E-state index contributed by atoms with van der Waals surface area (Å²) >= 11 is 0. The molecule has 2 aromatic rings. The molecule has 0 fully saturated rings. The lowest BCUT2D eigenvalue weighted by atomic mass is 10.1. The minimum absolute atomic E-state index is 0.165. The third-order valence-electron chi connectivity index (χ3n) is 2.77. The molecule has 1 aromatic heterocycles. The highest BCUT2D eigenvalue weighted by Crippen LogP contribution is 2.20. The van der Waals surface area contributed by atoms with E-state index >= 15 is 0 Å². The fourth-order valence-corrected chi connectivity index (χ4v) is 1.83. The van der Waals surface area contributed by atoms with Gasteiger partial charge < -0.3 is 9.52 Å². The topological polar surface area (TPSA) is 62.5 Å². The molecule has 0 saturated heterocycles. The summed E-state index contributed by atoms with van der Waals surface area (Å²) in [6.45, 7) is 1.87. The van der Waals surface area contributed by atoms with Gasteiger partial charge in [-0.05, 0) is 24.6 Å². The Hall–Kier alpha value is -2.07. The van der Waals surface area contributed by atoms with Gasteiger partial charge in [-0.3, -0.25) is 10.1 Å². The van der Waals surface area contributed by atoms with Gasteiger partial charge >= 0.3 is 5.97 Å². The average Bonchev–Trinajstić information content (AvgIpc) is 2.90. The highest BCUT2D eigenvalue weighted by molar-refractivity contribution is 5.75. The molecule has 4 nitrogen and oxygen atoms in total. The van der Waals surface area contributed by atoms with Crippen LogP contribution in [0.15, 0.2) is 53.1 Å². The van der Waals surface area contributed by atoms with Crippen LogP contribution in [0, 0.1) is 0 Å². The van der Waals surface area contributed by atoms with Gasteiger partial charge in [0.1, 0.15) is 11.8 Å². The van der Waals surface area contributed by atoms with E-state index in [0.717, 1.165) is 11.3 Å². The van der Waals surface area contributed by atoms with Crippen molar-refractivity contribution < 1.29 is 14.3 Å². The van der Waals surface area contributed by atoms with Crippen LogP contribution in [-0.2, 0) is 4.79 Å². The first-order valence-corrected chi connectivity index (χ1v) is 5.75. The van der Waals surface area contributed by atoms with Gasteiger partial charge in [0.15, 0.2) is 0 Å². The minimum Gasteiger partial charge on any atom is -0.480 e. The van der Waals surface area contributed by atoms with Crippen LogP contribution in [0.4, 0.5) is 0 Å². The number of hydrogen-bond donors (Lipinski definition) is 2. The number of carbonyl (C=O) groups is 1. The molecule has 4 heteroatoms. The summed E-state index contributed by atoms with van der Waals surface area (Å²) in [6, 6.07) is 11.8. The van der Waals surface area contributed by atoms with Crippen molar-refractivity contribution in [1.29, 1.82) is 0 Å². The van der Waals surface area contributed by atoms with Gasteiger partial charge in [-0.15, -0.1) is 0 Å². The lowest BCUT2D eigenvalue weighted by Crippen LogP contribution is -2.30. The Morgan fingerprint density at radius 3 is 2.50 bits per heavy atom. The summed E-state index contributed by atoms with van der Waals surface area (Å²) in [5.41, 5.74) is 0.725. The fourth-order valence-electron chi connectivity index (χ4n) is 1.83. The van der Waals surface area contributed by atoms with Crippen LogP contribution < -0.4 is 5.32 Å². The van der Waals surface area contributed by atoms with Crippen LogP contribution in [0.5, 0.6) is 0 Å². The number of benzene rings is 1. The predicted octanol–water partition coefficient (Wildman–Crippen LogP) is 2.76. The molecule has 0 aliphatic rings. The maximum atomic E-state index is 11.3. The summed E-state index contributed by atoms with van der Waals surface area (Å²) < 4.78 is 5.26. The van der Waals surface area contributed by atoms with Crippen LogP contribution in [0.1, 0.15) is 30.3 Å². The second kappa shape index (κ2) is 5.51. The average molecular weight is 245 g/mol. The van der Waals surface area contributed by atoms with E-state index in [1.807, 2.05) is 31.2 Å². The van der Waals surface area contributed by atoms with E-state index in [0.29, 0.717) is 0 Å². The van der Waals surface area contributed by atoms with E-state index in [-0.39, 0.29) is 6.04 Å². The molecule has 18 heavy (non-hydrogen) atoms. The van der Waals surface area contributed by atoms with Crippen LogP contribution in [0.25, 0.3) is 0 Å². The summed E-state index contributed by atoms with van der Waals surface area (Å²) in [4.78, 5) is 11.3. The summed E-state index contributed by atoms with van der Waals surface area (Å²) in [5.74, 6) is -0.184. The van der Waals surface area contributed by atoms with Gasteiger partial charge in [0.05, 0.1) is 12.3 Å². The molecule has 2 N–H and O–H groups in total. The molecule has 0 bridgehead atoms. The Kier molecular flexibility index (Phi) is 3.79. The number of nitrogens with one attached hydrogen (secondary N) is 1. The van der Waals surface area contributed by atoms with Crippen molar-refractivity contribution >= 4 is 5.97 Å². The Labute approximate surface area is 105 Å². The Morgan fingerprint density at radius 1 is 1.22 bits per heavy atom. The molecule has 1 aromatic carbocycles. The number of carboxylic acid groups (broad SMARTS) is 1. The standard InChI is InChI=1S/C14H15NO3/c1-10(12-8-5-9-18-12)15-13(14(16)17)11-6-3-2-4-7-11/h2-10,13,15H,1H3,(H,16,17). The Morgan fingerprint density at radius 2 is 1.94 bits per heavy atom. The molecular formula is C14H15NO3. The van der Waals surface area contributed by atoms with Gasteiger partial charge in [0.25, 0.3) is 0 Å². The van der Waals surface area contributed by atoms with Crippen molar-refractivity contribution in [3.05, 3.63) is 60.1 Å². The molecule has 1 heterocycles. The van der Waals surface area contributed by atoms with E-state index in [1.54, 1.807) is 24.5 Å². The molecule has 2 unspecified atom stereocenters. The highest BCUT2D eigenvalue weighted by Gasteiger charge is 2.22. The molecule has 0 aliphatic heterocycles. The van der Waals surface area contributed by atoms with Crippen LogP contribution in [-0.4, -0.2) is 11.1 Å². The maximum absolute atomic E-state index is 11.3. The smallest absolute Gasteiger partial charge is 0.325 e. The summed E-state index contributed by atoms with van der Waals surface area (Å²) in [5, 5.41) is 12.3. The third kappa shape index (κ3) is 2.78. The van der Waals surface area contributed by atoms with Crippen LogP contribution >= 0.6 is 0 Å². The van der Waals surface area contributed by atoms with Crippen molar-refractivity contribution in [2.45, 2.75) is 19.0 Å². The lowest BCUT2D eigenvalue weighted by Gasteiger charge is -2.19. The van der Waals surface area contributed by atoms with Crippen molar-refractivity contribution in [3.8, 4) is 0 Å². The van der Waals surface area contributed by atoms with Gasteiger partial charge in [0.2, 0.25) is 0 Å². The highest BCUT2D eigenvalue weighted by atomic mass is 16.4. The zero-order valence-corrected chi connectivity index (χ0v) is 10.0. The zero-order valence-electron chi connectivity index (χ0n) is 10.0. The normalized spacial score (nSPS) is 14.1. The molecule has 0 amide bonds. The van der Waals surface area contributed by atoms with E-state index in [1.165, 1.54) is 0 Å². The molecule has 0 radical (unpaired) electrons. The SMILES string of the molecule is CC(NC(C(=O)O)c1ccccc1)c1ccco1. The van der Waals surface area contributed by atoms with Gasteiger partial charge in [-0.2, -0.15) is 0 Å². The van der Waals surface area contributed by atoms with Crippen molar-refractivity contribution in [1.82, 2.24) is 5.32 Å². The second-order valence-corrected chi connectivity index (χ2v) is 4.09. The number of aliphatic carboxylic acids is 1. The monoisotopic (exact) mass is 245 g/mol. The fraction of sp³-hybridized carbons (Fsp3) is 0.214. The zero-order chi connectivity index (χ0) is 13.0. The van der Waals surface area contributed by atoms with Crippen molar-refractivity contribution in [3.63, 3.8) is 0 Å². The molecule has 2 atom stereocenters. The molecule has 94 valence electrons. The summed E-state index contributed by atoms with van der Waals surface area (Å²) in [6.07, 6.45) is 1.58. The van der Waals surface area contributed by atoms with Gasteiger partial charge in [-0.25, -0.2) is 0 Å². The van der Waals surface area contributed by atoms with E-state index in [4.69, 9.17) is 4.42 Å². The third-order valence-corrected chi connectivity index (χ3v) is 2.77. The largest absolute Gasteiger partial charge is 0.480 e. The predicted molar refractivity (Wildman–Crippen MR) is 67.1 cm³/mol. The van der Waals surface area contributed by atoms with E-state index in [9.17, 15) is 9.90 Å². The lowest BCUT2D eigenvalue weighted by molar-refractivity contribution is -0.139. The van der Waals surface area contributed by atoms with E-state index in [2.05, 4.69) is 5.32 Å². The first-order valence-electron chi connectivity index (χ1n) is 5.75. The first-order chi connectivity index (χ1) is 8.68. The minimum atomic E-state index is -0.903. The number of carboxylic acids is 1. The van der Waals surface area contributed by atoms with Gasteiger partial charge in [0, 0.05) is 0 Å². The van der Waals surface area contributed by atoms with Crippen molar-refractivity contribution in [2.75, 3.05) is 0 Å². The van der Waals surface area contributed by atoms with Crippen LogP contribution in [0.2, 0.25) is 0 Å².